The number of carbonyl (C=O) groups excluding carboxylic acids is 3. The third kappa shape index (κ3) is 13.2. The predicted octanol–water partition coefficient (Wildman–Crippen LogP) is -0.484. The molecule has 3 amide bonds. The largest absolute Gasteiger partial charge is 0.379 e. The summed E-state index contributed by atoms with van der Waals surface area (Å²) in [6.07, 6.45) is 4.92. The van der Waals surface area contributed by atoms with Crippen molar-refractivity contribution < 1.29 is 28.6 Å². The number of rotatable bonds is 20. The first-order valence-electron chi connectivity index (χ1n) is 12.5. The molecule has 0 spiro atoms. The molecule has 1 rings (SSSR count). The van der Waals surface area contributed by atoms with Crippen LogP contribution in [0.4, 0.5) is 0 Å². The van der Waals surface area contributed by atoms with E-state index < -0.39 is 12.1 Å². The highest BCUT2D eigenvalue weighted by Gasteiger charge is 2.34. The molecule has 2 unspecified atom stereocenters. The predicted molar refractivity (Wildman–Crippen MR) is 129 cm³/mol. The van der Waals surface area contributed by atoms with Gasteiger partial charge in [-0.25, -0.2) is 0 Å². The average molecular weight is 488 g/mol. The van der Waals surface area contributed by atoms with Crippen LogP contribution in [0.5, 0.6) is 0 Å². The van der Waals surface area contributed by atoms with Gasteiger partial charge in [0.2, 0.25) is 17.7 Å². The van der Waals surface area contributed by atoms with Crippen LogP contribution in [0, 0.1) is 0 Å². The summed E-state index contributed by atoms with van der Waals surface area (Å²) in [6.45, 7) is 6.81. The maximum absolute atomic E-state index is 12.7. The third-order valence-corrected chi connectivity index (χ3v) is 5.54. The molecule has 2 atom stereocenters. The molecule has 0 aromatic heterocycles. The normalized spacial score (nSPS) is 16.4. The molecule has 1 saturated heterocycles. The van der Waals surface area contributed by atoms with Crippen LogP contribution in [0.25, 0.3) is 0 Å². The Morgan fingerprint density at radius 3 is 2.15 bits per heavy atom. The Bertz CT molecular complexity index is 580. The minimum Gasteiger partial charge on any atom is -0.379 e. The smallest absolute Gasteiger partial charge is 0.243 e. The lowest BCUT2D eigenvalue weighted by atomic mass is 10.1. The molecule has 34 heavy (non-hydrogen) atoms. The topological polar surface area (TPSA) is 158 Å². The van der Waals surface area contributed by atoms with E-state index in [0.717, 1.165) is 25.7 Å². The fourth-order valence-corrected chi connectivity index (χ4v) is 3.68. The van der Waals surface area contributed by atoms with E-state index in [1.807, 2.05) is 0 Å². The monoisotopic (exact) mass is 487 g/mol. The van der Waals surface area contributed by atoms with Crippen LogP contribution in [0.15, 0.2) is 0 Å². The standard InChI is InChI=1S/C23H45N5O6/c1-19(29)28-12-4-8-21(28)23(31)27-20(7-2-3-9-24)22(30)26-11-6-14-33-16-18-34-17-15-32-13-5-10-25/h20-21H,2-18,24-25H2,1H3,(H,26,30)(H,27,31). The van der Waals surface area contributed by atoms with Crippen molar-refractivity contribution in [2.75, 3.05) is 65.8 Å². The summed E-state index contributed by atoms with van der Waals surface area (Å²) in [5, 5.41) is 5.72. The van der Waals surface area contributed by atoms with E-state index in [1.54, 1.807) is 4.90 Å². The van der Waals surface area contributed by atoms with Gasteiger partial charge in [-0.1, -0.05) is 0 Å². The lowest BCUT2D eigenvalue weighted by Crippen LogP contribution is -2.53. The van der Waals surface area contributed by atoms with E-state index in [1.165, 1.54) is 6.92 Å². The first-order chi connectivity index (χ1) is 16.5. The summed E-state index contributed by atoms with van der Waals surface area (Å²) < 4.78 is 16.3. The van der Waals surface area contributed by atoms with Gasteiger partial charge < -0.3 is 41.2 Å². The van der Waals surface area contributed by atoms with Gasteiger partial charge in [0.1, 0.15) is 12.1 Å². The number of nitrogens with zero attached hydrogens (tertiary/aromatic N) is 1. The van der Waals surface area contributed by atoms with E-state index in [9.17, 15) is 14.4 Å². The van der Waals surface area contributed by atoms with Gasteiger partial charge in [0, 0.05) is 33.2 Å². The highest BCUT2D eigenvalue weighted by Crippen LogP contribution is 2.18. The second-order valence-electron chi connectivity index (χ2n) is 8.34. The van der Waals surface area contributed by atoms with Gasteiger partial charge in [-0.05, 0) is 58.0 Å². The minimum absolute atomic E-state index is 0.122. The Hall–Kier alpha value is -1.79. The number of unbranched alkanes of at least 4 members (excludes halogenated alkanes) is 1. The molecule has 11 nitrogen and oxygen atoms in total. The van der Waals surface area contributed by atoms with E-state index >= 15 is 0 Å². The number of ether oxygens (including phenoxy) is 3. The zero-order valence-electron chi connectivity index (χ0n) is 20.7. The summed E-state index contributed by atoms with van der Waals surface area (Å²) in [5.74, 6) is -0.618. The van der Waals surface area contributed by atoms with Crippen LogP contribution < -0.4 is 22.1 Å². The van der Waals surface area contributed by atoms with Gasteiger partial charge >= 0.3 is 0 Å². The number of hydrogen-bond donors (Lipinski definition) is 4. The molecule has 11 heteroatoms. The van der Waals surface area contributed by atoms with Gasteiger partial charge in [-0.15, -0.1) is 0 Å². The van der Waals surface area contributed by atoms with Gasteiger partial charge in [-0.2, -0.15) is 0 Å². The lowest BCUT2D eigenvalue weighted by Gasteiger charge is -2.25. The van der Waals surface area contributed by atoms with Crippen LogP contribution in [-0.4, -0.2) is 101 Å². The van der Waals surface area contributed by atoms with Gasteiger partial charge in [-0.3, -0.25) is 14.4 Å². The lowest BCUT2D eigenvalue weighted by molar-refractivity contribution is -0.138. The average Bonchev–Trinajstić information content (AvgIpc) is 3.32. The molecule has 0 aromatic carbocycles. The van der Waals surface area contributed by atoms with Crippen LogP contribution >= 0.6 is 0 Å². The first-order valence-corrected chi connectivity index (χ1v) is 12.5. The summed E-state index contributed by atoms with van der Waals surface area (Å²) >= 11 is 0. The summed E-state index contributed by atoms with van der Waals surface area (Å²) in [7, 11) is 0. The molecule has 198 valence electrons. The van der Waals surface area contributed by atoms with E-state index in [4.69, 9.17) is 25.7 Å². The molecule has 0 aromatic rings. The Morgan fingerprint density at radius 2 is 1.53 bits per heavy atom. The Labute approximate surface area is 203 Å². The number of nitrogens with one attached hydrogen (secondary N) is 2. The van der Waals surface area contributed by atoms with Crippen molar-refractivity contribution in [1.29, 1.82) is 0 Å². The molecule has 0 bridgehead atoms. The highest BCUT2D eigenvalue weighted by molar-refractivity contribution is 5.92. The number of hydrogen-bond acceptors (Lipinski definition) is 8. The van der Waals surface area contributed by atoms with Gasteiger partial charge in [0.05, 0.1) is 26.4 Å². The molecule has 1 heterocycles. The van der Waals surface area contributed by atoms with Crippen molar-refractivity contribution in [2.24, 2.45) is 11.5 Å². The summed E-state index contributed by atoms with van der Waals surface area (Å²) in [4.78, 5) is 38.8. The van der Waals surface area contributed by atoms with Gasteiger partial charge in [0.15, 0.2) is 0 Å². The Kier molecular flexibility index (Phi) is 17.4. The fourth-order valence-electron chi connectivity index (χ4n) is 3.68. The SMILES string of the molecule is CC(=O)N1CCCC1C(=O)NC(CCCCN)C(=O)NCCCOCCOCCOCCCN. The molecule has 0 saturated carbocycles. The number of nitrogens with two attached hydrogens (primary N) is 2. The van der Waals surface area contributed by atoms with Gasteiger partial charge in [0.25, 0.3) is 0 Å². The number of amides is 3. The zero-order chi connectivity index (χ0) is 25.0. The third-order valence-electron chi connectivity index (χ3n) is 5.54. The van der Waals surface area contributed by atoms with Crippen molar-refractivity contribution in [3.05, 3.63) is 0 Å². The Morgan fingerprint density at radius 1 is 0.912 bits per heavy atom. The number of carbonyl (C=O) groups is 3. The molecular formula is C23H45N5O6. The summed E-state index contributed by atoms with van der Waals surface area (Å²) in [6, 6.07) is -1.15. The second-order valence-corrected chi connectivity index (χ2v) is 8.34. The van der Waals surface area contributed by atoms with Crippen molar-refractivity contribution in [1.82, 2.24) is 15.5 Å². The molecule has 1 fully saturated rings. The van der Waals surface area contributed by atoms with Crippen molar-refractivity contribution in [3.63, 3.8) is 0 Å². The fraction of sp³-hybridized carbons (Fsp3) is 0.870. The second kappa shape index (κ2) is 19.5. The molecule has 1 aliphatic heterocycles. The van der Waals surface area contributed by atoms with Crippen molar-refractivity contribution >= 4 is 17.7 Å². The van der Waals surface area contributed by atoms with E-state index in [2.05, 4.69) is 10.6 Å². The molecule has 0 aliphatic carbocycles. The van der Waals surface area contributed by atoms with E-state index in [-0.39, 0.29) is 17.7 Å². The maximum atomic E-state index is 12.7. The molecule has 0 radical (unpaired) electrons. The maximum Gasteiger partial charge on any atom is 0.243 e. The van der Waals surface area contributed by atoms with E-state index in [0.29, 0.717) is 85.1 Å². The molecule has 1 aliphatic rings. The molecular weight excluding hydrogens is 442 g/mol. The quantitative estimate of drug-likeness (QED) is 0.168. The van der Waals surface area contributed by atoms with Crippen LogP contribution in [0.2, 0.25) is 0 Å². The van der Waals surface area contributed by atoms with Crippen LogP contribution in [-0.2, 0) is 28.6 Å². The summed E-state index contributed by atoms with van der Waals surface area (Å²) in [5.41, 5.74) is 11.0. The van der Waals surface area contributed by atoms with Crippen molar-refractivity contribution in [2.45, 2.75) is 64.0 Å². The highest BCUT2D eigenvalue weighted by atomic mass is 16.5. The molecule has 6 N–H and O–H groups in total. The van der Waals surface area contributed by atoms with Crippen LogP contribution in [0.1, 0.15) is 51.9 Å². The van der Waals surface area contributed by atoms with Crippen molar-refractivity contribution in [3.8, 4) is 0 Å². The number of likely N-dealkylation sites (tertiary alicyclic amines) is 1. The first kappa shape index (κ1) is 30.2. The zero-order valence-corrected chi connectivity index (χ0v) is 20.7. The Balaban J connectivity index is 2.24. The minimum atomic E-state index is -0.644. The van der Waals surface area contributed by atoms with Crippen LogP contribution in [0.3, 0.4) is 0 Å².